The maximum Gasteiger partial charge on any atom is 0.256 e. The summed E-state index contributed by atoms with van der Waals surface area (Å²) in [5.41, 5.74) is 4.36. The number of carbonyl (C=O) groups is 1. The summed E-state index contributed by atoms with van der Waals surface area (Å²) in [7, 11) is -3.76. The van der Waals surface area contributed by atoms with Crippen LogP contribution in [0.25, 0.3) is 6.08 Å². The van der Waals surface area contributed by atoms with Crippen LogP contribution in [0.4, 0.5) is 0 Å². The highest BCUT2D eigenvalue weighted by atomic mass is 32.2. The molecule has 5 atom stereocenters. The summed E-state index contributed by atoms with van der Waals surface area (Å²) in [6.07, 6.45) is 8.08. The number of benzene rings is 2. The molecule has 2 aromatic carbocycles. The first-order valence-electron chi connectivity index (χ1n) is 13.0. The number of nitrogens with zero attached hydrogens (tertiary/aromatic N) is 1. The smallest absolute Gasteiger partial charge is 0.256 e. The highest BCUT2D eigenvalue weighted by Gasteiger charge is 2.72. The second kappa shape index (κ2) is 9.86. The van der Waals surface area contributed by atoms with Gasteiger partial charge in [0.05, 0.1) is 18.4 Å². The van der Waals surface area contributed by atoms with E-state index >= 15 is 0 Å². The molecule has 0 radical (unpaired) electrons. The largest absolute Gasteiger partial charge is 0.296 e. The minimum atomic E-state index is -3.76. The van der Waals surface area contributed by atoms with Crippen molar-refractivity contribution in [2.24, 2.45) is 22.7 Å². The number of sulfonamides is 1. The van der Waals surface area contributed by atoms with Crippen molar-refractivity contribution in [2.75, 3.05) is 5.75 Å². The van der Waals surface area contributed by atoms with Gasteiger partial charge in [0.2, 0.25) is 10.0 Å². The molecule has 1 aliphatic heterocycles. The lowest BCUT2D eigenvalue weighted by molar-refractivity contribution is -0.137. The van der Waals surface area contributed by atoms with Crippen LogP contribution in [0.3, 0.4) is 0 Å². The van der Waals surface area contributed by atoms with Crippen LogP contribution >= 0.6 is 0 Å². The van der Waals surface area contributed by atoms with Gasteiger partial charge in [-0.1, -0.05) is 92.7 Å². The standard InChI is InChI=1S/C30H36N2O4S/c1-4-24(16-15-22-11-7-5-8-12-22)27(31-36-20-23-13-9-6-10-14-23)28(33)32-26-19-25-17-18-30(26,29(25,2)3)21-37(32,34)35/h4-16,24-27,31H,1,17-21H2,2-3H3/b16-15+/t24?,25-,26-,27+,30-/m1/s1. The molecule has 0 aromatic heterocycles. The molecule has 37 heavy (non-hydrogen) atoms. The molecule has 196 valence electrons. The van der Waals surface area contributed by atoms with Crippen LogP contribution in [0, 0.1) is 22.7 Å². The lowest BCUT2D eigenvalue weighted by Gasteiger charge is -2.37. The van der Waals surface area contributed by atoms with Gasteiger partial charge in [0.15, 0.2) is 0 Å². The van der Waals surface area contributed by atoms with E-state index in [0.29, 0.717) is 5.92 Å². The van der Waals surface area contributed by atoms with Crippen molar-refractivity contribution in [1.82, 2.24) is 9.79 Å². The van der Waals surface area contributed by atoms with Gasteiger partial charge < -0.3 is 0 Å². The Balaban J connectivity index is 1.44. The minimum Gasteiger partial charge on any atom is -0.296 e. The quantitative estimate of drug-likeness (QED) is 0.374. The van der Waals surface area contributed by atoms with Gasteiger partial charge in [0.1, 0.15) is 6.04 Å². The summed E-state index contributed by atoms with van der Waals surface area (Å²) >= 11 is 0. The highest BCUT2D eigenvalue weighted by molar-refractivity contribution is 7.90. The Kier molecular flexibility index (Phi) is 6.90. The molecule has 1 spiro atoms. The minimum absolute atomic E-state index is 0.0378. The maximum atomic E-state index is 14.2. The van der Waals surface area contributed by atoms with E-state index in [1.165, 1.54) is 4.31 Å². The summed E-state index contributed by atoms with van der Waals surface area (Å²) in [5, 5.41) is 0. The number of carbonyl (C=O) groups excluding carboxylic acids is 1. The van der Waals surface area contributed by atoms with Crippen LogP contribution in [0.5, 0.6) is 0 Å². The molecule has 2 aromatic rings. The van der Waals surface area contributed by atoms with Crippen LogP contribution in [-0.4, -0.2) is 36.5 Å². The molecule has 1 amide bonds. The van der Waals surface area contributed by atoms with Crippen LogP contribution in [0.15, 0.2) is 79.4 Å². The van der Waals surface area contributed by atoms with Crippen molar-refractivity contribution >= 4 is 22.0 Å². The Morgan fingerprint density at radius 1 is 1.16 bits per heavy atom. The Bertz CT molecular complexity index is 1280. The maximum absolute atomic E-state index is 14.2. The van der Waals surface area contributed by atoms with Crippen molar-refractivity contribution in [3.63, 3.8) is 0 Å². The van der Waals surface area contributed by atoms with Crippen molar-refractivity contribution in [1.29, 1.82) is 0 Å². The van der Waals surface area contributed by atoms with Crippen LogP contribution < -0.4 is 5.48 Å². The van der Waals surface area contributed by atoms with Gasteiger partial charge in [-0.2, -0.15) is 5.48 Å². The van der Waals surface area contributed by atoms with E-state index in [0.717, 1.165) is 30.4 Å². The fourth-order valence-corrected chi connectivity index (χ4v) is 9.47. The second-order valence-electron chi connectivity index (χ2n) is 11.2. The van der Waals surface area contributed by atoms with Gasteiger partial charge in [-0.25, -0.2) is 12.7 Å². The van der Waals surface area contributed by atoms with Crippen LogP contribution in [0.1, 0.15) is 44.2 Å². The predicted molar refractivity (Wildman–Crippen MR) is 145 cm³/mol. The third kappa shape index (κ3) is 4.47. The highest BCUT2D eigenvalue weighted by Crippen LogP contribution is 2.70. The number of rotatable bonds is 9. The molecule has 2 saturated carbocycles. The van der Waals surface area contributed by atoms with E-state index in [4.69, 9.17) is 4.84 Å². The number of hydrogen-bond donors (Lipinski definition) is 1. The zero-order chi connectivity index (χ0) is 26.3. The molecule has 1 N–H and O–H groups in total. The molecule has 1 heterocycles. The van der Waals surface area contributed by atoms with Gasteiger partial charge in [-0.05, 0) is 41.7 Å². The Morgan fingerprint density at radius 3 is 2.49 bits per heavy atom. The topological polar surface area (TPSA) is 75.7 Å². The number of hydrogen-bond acceptors (Lipinski definition) is 5. The SMILES string of the molecule is C=CC(/C=C/c1ccccc1)[C@H](NOCc1ccccc1)C(=O)N1[C@@H]2C[C@H]3CC[C@]2(CS1(=O)=O)C3(C)C. The van der Waals surface area contributed by atoms with Gasteiger partial charge in [0.25, 0.3) is 5.91 Å². The Labute approximate surface area is 220 Å². The third-order valence-electron chi connectivity index (χ3n) is 9.15. The molecule has 1 unspecified atom stereocenters. The normalized spacial score (nSPS) is 28.8. The second-order valence-corrected chi connectivity index (χ2v) is 13.1. The average Bonchev–Trinajstić information content (AvgIpc) is 3.37. The van der Waals surface area contributed by atoms with Crippen LogP contribution in [-0.2, 0) is 26.3 Å². The fraction of sp³-hybridized carbons (Fsp3) is 0.433. The van der Waals surface area contributed by atoms with Gasteiger partial charge in [-0.3, -0.25) is 9.63 Å². The van der Waals surface area contributed by atoms with E-state index in [1.54, 1.807) is 6.08 Å². The Morgan fingerprint density at radius 2 is 1.84 bits per heavy atom. The van der Waals surface area contributed by atoms with E-state index in [1.807, 2.05) is 72.8 Å². The van der Waals surface area contributed by atoms with Gasteiger partial charge >= 0.3 is 0 Å². The number of fused-ring (bicyclic) bond motifs is 1. The zero-order valence-corrected chi connectivity index (χ0v) is 22.4. The number of nitrogens with one attached hydrogen (secondary N) is 1. The third-order valence-corrected chi connectivity index (χ3v) is 11.1. The van der Waals surface area contributed by atoms with E-state index in [2.05, 4.69) is 25.9 Å². The monoisotopic (exact) mass is 520 g/mol. The molecule has 6 nitrogen and oxygen atoms in total. The zero-order valence-electron chi connectivity index (χ0n) is 21.5. The summed E-state index contributed by atoms with van der Waals surface area (Å²) < 4.78 is 28.4. The molecular formula is C30H36N2O4S. The lowest BCUT2D eigenvalue weighted by Crippen LogP contribution is -2.53. The summed E-state index contributed by atoms with van der Waals surface area (Å²) in [6, 6.07) is 18.2. The lowest BCUT2D eigenvalue weighted by atomic mass is 9.69. The first kappa shape index (κ1) is 25.9. The van der Waals surface area contributed by atoms with Crippen LogP contribution in [0.2, 0.25) is 0 Å². The molecule has 7 heteroatoms. The average molecular weight is 521 g/mol. The number of amides is 1. The molecule has 3 aliphatic rings. The van der Waals surface area contributed by atoms with Crippen molar-refractivity contribution in [3.8, 4) is 0 Å². The molecule has 3 fully saturated rings. The Hall–Kier alpha value is -2.74. The summed E-state index contributed by atoms with van der Waals surface area (Å²) in [6.45, 7) is 8.57. The number of hydroxylamine groups is 1. The molecule has 1 saturated heterocycles. The first-order chi connectivity index (χ1) is 17.7. The van der Waals surface area contributed by atoms with Gasteiger partial charge in [0, 0.05) is 11.3 Å². The van der Waals surface area contributed by atoms with Crippen molar-refractivity contribution in [2.45, 2.75) is 51.8 Å². The molecule has 5 rings (SSSR count). The molecular weight excluding hydrogens is 484 g/mol. The molecule has 2 aliphatic carbocycles. The predicted octanol–water partition coefficient (Wildman–Crippen LogP) is 4.96. The fourth-order valence-electron chi connectivity index (χ4n) is 6.91. The summed E-state index contributed by atoms with van der Waals surface area (Å²) in [5.74, 6) is -0.490. The molecule has 2 bridgehead atoms. The summed E-state index contributed by atoms with van der Waals surface area (Å²) in [4.78, 5) is 20.0. The van der Waals surface area contributed by atoms with E-state index in [-0.39, 0.29) is 29.2 Å². The van der Waals surface area contributed by atoms with Gasteiger partial charge in [-0.15, -0.1) is 6.58 Å². The van der Waals surface area contributed by atoms with E-state index in [9.17, 15) is 13.2 Å². The van der Waals surface area contributed by atoms with Crippen molar-refractivity contribution in [3.05, 3.63) is 90.5 Å². The first-order valence-corrected chi connectivity index (χ1v) is 14.6. The van der Waals surface area contributed by atoms with E-state index < -0.39 is 27.9 Å². The van der Waals surface area contributed by atoms with Crippen molar-refractivity contribution < 1.29 is 18.0 Å².